The number of epoxide rings is 1. The van der Waals surface area contributed by atoms with Gasteiger partial charge in [-0.15, -0.1) is 0 Å². The van der Waals surface area contributed by atoms with E-state index >= 15 is 0 Å². The van der Waals surface area contributed by atoms with Gasteiger partial charge in [0.25, 0.3) is 0 Å². The highest BCUT2D eigenvalue weighted by molar-refractivity contribution is 5.17. The van der Waals surface area contributed by atoms with Crippen LogP contribution in [-0.4, -0.2) is 11.7 Å². The smallest absolute Gasteiger partial charge is 0.0956 e. The van der Waals surface area contributed by atoms with Crippen LogP contribution in [-0.2, 0) is 4.74 Å². The lowest BCUT2D eigenvalue weighted by Crippen LogP contribution is -2.44. The first-order valence-corrected chi connectivity index (χ1v) is 5.03. The van der Waals surface area contributed by atoms with Crippen LogP contribution in [0.3, 0.4) is 0 Å². The van der Waals surface area contributed by atoms with Gasteiger partial charge in [0.05, 0.1) is 11.7 Å². The fraction of sp³-hybridized carbons (Fsp3) is 1.00. The monoisotopic (exact) mass is 150 g/mol. The van der Waals surface area contributed by atoms with E-state index in [1.54, 1.807) is 0 Å². The van der Waals surface area contributed by atoms with Crippen molar-refractivity contribution in [3.63, 3.8) is 0 Å². The van der Waals surface area contributed by atoms with Crippen molar-refractivity contribution in [1.82, 2.24) is 0 Å². The van der Waals surface area contributed by atoms with Gasteiger partial charge in [0, 0.05) is 0 Å². The summed E-state index contributed by atoms with van der Waals surface area (Å²) in [5.74, 6) is 3.11. The van der Waals surface area contributed by atoms with Gasteiger partial charge in [-0.1, -0.05) is 0 Å². The molecule has 3 unspecified atom stereocenters. The maximum Gasteiger partial charge on any atom is 0.0956 e. The maximum atomic E-state index is 5.89. The van der Waals surface area contributed by atoms with E-state index in [1.807, 2.05) is 0 Å². The summed E-state index contributed by atoms with van der Waals surface area (Å²) in [6.45, 7) is 0. The first kappa shape index (κ1) is 5.58. The molecule has 1 heteroatoms. The van der Waals surface area contributed by atoms with Gasteiger partial charge in [0.2, 0.25) is 0 Å². The van der Waals surface area contributed by atoms with Gasteiger partial charge in [0.15, 0.2) is 0 Å². The first-order chi connectivity index (χ1) is 5.36. The predicted octanol–water partition coefficient (Wildman–Crippen LogP) is 1.96. The molecule has 5 fully saturated rings. The zero-order chi connectivity index (χ0) is 7.05. The van der Waals surface area contributed by atoms with Gasteiger partial charge >= 0.3 is 0 Å². The lowest BCUT2D eigenvalue weighted by molar-refractivity contribution is 0.0600. The van der Waals surface area contributed by atoms with Gasteiger partial charge < -0.3 is 4.74 Å². The summed E-state index contributed by atoms with van der Waals surface area (Å²) < 4.78 is 5.89. The van der Waals surface area contributed by atoms with E-state index < -0.39 is 0 Å². The van der Waals surface area contributed by atoms with E-state index in [1.165, 1.54) is 32.1 Å². The van der Waals surface area contributed by atoms with Crippen molar-refractivity contribution in [2.75, 3.05) is 0 Å². The fourth-order valence-electron chi connectivity index (χ4n) is 4.33. The minimum Gasteiger partial charge on any atom is -0.366 e. The van der Waals surface area contributed by atoms with Crippen LogP contribution in [0.4, 0.5) is 0 Å². The largest absolute Gasteiger partial charge is 0.366 e. The molecule has 0 radical (unpaired) electrons. The predicted molar refractivity (Wildman–Crippen MR) is 41.2 cm³/mol. The lowest BCUT2D eigenvalue weighted by Gasteiger charge is -2.46. The molecule has 5 aliphatic rings. The van der Waals surface area contributed by atoms with Gasteiger partial charge in [-0.05, 0) is 49.9 Å². The molecule has 4 saturated carbocycles. The Bertz CT molecular complexity index is 209. The molecule has 1 nitrogen and oxygen atoms in total. The van der Waals surface area contributed by atoms with Crippen LogP contribution in [0.25, 0.3) is 0 Å². The average molecular weight is 150 g/mol. The van der Waals surface area contributed by atoms with Crippen LogP contribution < -0.4 is 0 Å². The Labute approximate surface area is 67.1 Å². The van der Waals surface area contributed by atoms with Crippen LogP contribution in [0, 0.1) is 17.8 Å². The molecule has 0 amide bonds. The van der Waals surface area contributed by atoms with E-state index in [0.717, 1.165) is 23.9 Å². The van der Waals surface area contributed by atoms with Crippen molar-refractivity contribution in [2.45, 2.75) is 43.8 Å². The molecule has 1 spiro atoms. The quantitative estimate of drug-likeness (QED) is 0.481. The summed E-state index contributed by atoms with van der Waals surface area (Å²) in [7, 11) is 0. The van der Waals surface area contributed by atoms with Gasteiger partial charge in [-0.2, -0.15) is 0 Å². The third-order valence-corrected chi connectivity index (χ3v) is 4.46. The van der Waals surface area contributed by atoms with Crippen molar-refractivity contribution in [1.29, 1.82) is 0 Å². The van der Waals surface area contributed by atoms with Gasteiger partial charge in [0.1, 0.15) is 0 Å². The second-order valence-electron chi connectivity index (χ2n) is 5.21. The molecule has 0 aromatic heterocycles. The Balaban J connectivity index is 1.83. The van der Waals surface area contributed by atoms with E-state index in [2.05, 4.69) is 0 Å². The average Bonchev–Trinajstić information content (AvgIpc) is 2.61. The maximum absolute atomic E-state index is 5.89. The van der Waals surface area contributed by atoms with Crippen molar-refractivity contribution in [3.8, 4) is 0 Å². The van der Waals surface area contributed by atoms with E-state index in [-0.39, 0.29) is 0 Å². The lowest BCUT2D eigenvalue weighted by atomic mass is 9.56. The Morgan fingerprint density at radius 2 is 1.73 bits per heavy atom. The molecule has 1 heterocycles. The molecule has 5 rings (SSSR count). The van der Waals surface area contributed by atoms with Crippen LogP contribution in [0.1, 0.15) is 32.1 Å². The Morgan fingerprint density at radius 3 is 2.36 bits per heavy atom. The van der Waals surface area contributed by atoms with E-state index in [9.17, 15) is 0 Å². The van der Waals surface area contributed by atoms with Crippen molar-refractivity contribution in [3.05, 3.63) is 0 Å². The molecule has 0 aromatic rings. The van der Waals surface area contributed by atoms with Gasteiger partial charge in [-0.25, -0.2) is 0 Å². The van der Waals surface area contributed by atoms with Crippen molar-refractivity contribution >= 4 is 0 Å². The second-order valence-corrected chi connectivity index (χ2v) is 5.21. The summed E-state index contributed by atoms with van der Waals surface area (Å²) in [4.78, 5) is 0. The molecule has 3 atom stereocenters. The highest BCUT2D eigenvalue weighted by Gasteiger charge is 2.68. The summed E-state index contributed by atoms with van der Waals surface area (Å²) in [6, 6.07) is 0. The number of hydrogen-bond donors (Lipinski definition) is 0. The summed E-state index contributed by atoms with van der Waals surface area (Å²) in [6.07, 6.45) is 8.12. The summed E-state index contributed by atoms with van der Waals surface area (Å²) in [5.41, 5.74) is 0.467. The molecule has 0 N–H and O–H groups in total. The summed E-state index contributed by atoms with van der Waals surface area (Å²) in [5, 5.41) is 0. The molecule has 0 aromatic carbocycles. The van der Waals surface area contributed by atoms with E-state index in [0.29, 0.717) is 5.60 Å². The Hall–Kier alpha value is -0.0400. The molecular formula is C10H14O. The van der Waals surface area contributed by atoms with E-state index in [4.69, 9.17) is 4.74 Å². The van der Waals surface area contributed by atoms with Crippen molar-refractivity contribution < 1.29 is 4.74 Å². The fourth-order valence-corrected chi connectivity index (χ4v) is 4.33. The first-order valence-electron chi connectivity index (χ1n) is 5.03. The van der Waals surface area contributed by atoms with Crippen LogP contribution in [0.5, 0.6) is 0 Å². The third kappa shape index (κ3) is 0.516. The minimum absolute atomic E-state index is 0.467. The molecule has 60 valence electrons. The van der Waals surface area contributed by atoms with Crippen LogP contribution in [0.2, 0.25) is 0 Å². The SMILES string of the molecule is C1C2CC3CC1CC1(C2)OC31. The zero-order valence-electron chi connectivity index (χ0n) is 6.75. The molecule has 4 aliphatic carbocycles. The standard InChI is InChI=1S/C10H14O/c1-6-2-8-3-7(1)5-10(4-6)9(8)11-10/h6-9H,1-5H2. The molecule has 1 saturated heterocycles. The topological polar surface area (TPSA) is 12.5 Å². The Kier molecular flexibility index (Phi) is 0.706. The minimum atomic E-state index is 0.467. The highest BCUT2D eigenvalue weighted by atomic mass is 16.6. The second kappa shape index (κ2) is 1.39. The molecule has 4 bridgehead atoms. The molecule has 1 aliphatic heterocycles. The normalized spacial score (nSPS) is 69.8. The third-order valence-electron chi connectivity index (χ3n) is 4.46. The molecule has 11 heavy (non-hydrogen) atoms. The molecular weight excluding hydrogens is 136 g/mol. The van der Waals surface area contributed by atoms with Gasteiger partial charge in [-0.3, -0.25) is 0 Å². The zero-order valence-corrected chi connectivity index (χ0v) is 6.75. The number of hydrogen-bond acceptors (Lipinski definition) is 1. The van der Waals surface area contributed by atoms with Crippen molar-refractivity contribution in [2.24, 2.45) is 17.8 Å². The number of ether oxygens (including phenoxy) is 1. The highest BCUT2D eigenvalue weighted by Crippen LogP contribution is 2.66. The Morgan fingerprint density at radius 1 is 1.00 bits per heavy atom. The van der Waals surface area contributed by atoms with Crippen LogP contribution in [0.15, 0.2) is 0 Å². The van der Waals surface area contributed by atoms with Crippen LogP contribution >= 0.6 is 0 Å². The summed E-state index contributed by atoms with van der Waals surface area (Å²) >= 11 is 0. The number of rotatable bonds is 0.